The second kappa shape index (κ2) is 10.8. The van der Waals surface area contributed by atoms with Crippen LogP contribution in [0.15, 0.2) is 78.9 Å². The number of methoxy groups -OCH3 is 1. The number of rotatable bonds is 9. The van der Waals surface area contributed by atoms with Gasteiger partial charge in [0.2, 0.25) is 6.10 Å². The summed E-state index contributed by atoms with van der Waals surface area (Å²) in [6.07, 6.45) is -1.06. The average Bonchev–Trinajstić information content (AvgIpc) is 2.80. The Morgan fingerprint density at radius 2 is 1.58 bits per heavy atom. The van der Waals surface area contributed by atoms with Gasteiger partial charge in [-0.15, -0.1) is 0 Å². The van der Waals surface area contributed by atoms with E-state index in [1.54, 1.807) is 73.8 Å². The first-order chi connectivity index (χ1) is 15.1. The van der Waals surface area contributed by atoms with Gasteiger partial charge in [-0.25, -0.2) is 0 Å². The van der Waals surface area contributed by atoms with E-state index in [1.807, 2.05) is 19.1 Å². The smallest absolute Gasteiger partial charge is 0.311 e. The van der Waals surface area contributed by atoms with E-state index in [4.69, 9.17) is 14.2 Å². The SMILES string of the molecule is CCOc1ccccc1NC(=O)[C@@H](OC(=O)Cc1ccc(OC)cc1)c1ccccc1. The molecule has 6 nitrogen and oxygen atoms in total. The van der Waals surface area contributed by atoms with Crippen molar-refractivity contribution >= 4 is 17.6 Å². The summed E-state index contributed by atoms with van der Waals surface area (Å²) in [6, 6.07) is 23.2. The Morgan fingerprint density at radius 1 is 0.903 bits per heavy atom. The predicted octanol–water partition coefficient (Wildman–Crippen LogP) is 4.56. The predicted molar refractivity (Wildman–Crippen MR) is 118 cm³/mol. The molecule has 0 aliphatic heterocycles. The van der Waals surface area contributed by atoms with Crippen molar-refractivity contribution in [1.29, 1.82) is 0 Å². The normalized spacial score (nSPS) is 11.3. The molecular weight excluding hydrogens is 394 g/mol. The lowest BCUT2D eigenvalue weighted by Crippen LogP contribution is -2.26. The van der Waals surface area contributed by atoms with Crippen molar-refractivity contribution in [3.05, 3.63) is 90.0 Å². The number of hydrogen-bond donors (Lipinski definition) is 1. The Hall–Kier alpha value is -3.80. The first-order valence-corrected chi connectivity index (χ1v) is 10.0. The van der Waals surface area contributed by atoms with E-state index in [1.165, 1.54) is 0 Å². The number of benzene rings is 3. The number of carbonyl (C=O) groups is 2. The first-order valence-electron chi connectivity index (χ1n) is 10.0. The van der Waals surface area contributed by atoms with E-state index in [2.05, 4.69) is 5.32 Å². The molecule has 160 valence electrons. The van der Waals surface area contributed by atoms with Gasteiger partial charge in [0.15, 0.2) is 0 Å². The lowest BCUT2D eigenvalue weighted by atomic mass is 10.1. The van der Waals surface area contributed by atoms with Crippen LogP contribution in [0.4, 0.5) is 5.69 Å². The molecule has 0 aromatic heterocycles. The fourth-order valence-corrected chi connectivity index (χ4v) is 3.03. The Kier molecular flexibility index (Phi) is 7.65. The number of amides is 1. The highest BCUT2D eigenvalue weighted by molar-refractivity contribution is 5.97. The van der Waals surface area contributed by atoms with Crippen LogP contribution in [-0.2, 0) is 20.7 Å². The standard InChI is InChI=1S/C25H25NO5/c1-3-30-22-12-8-7-11-21(22)26-25(28)24(19-9-5-4-6-10-19)31-23(27)17-18-13-15-20(29-2)16-14-18/h4-16,24H,3,17H2,1-2H3,(H,26,28)/t24-/m0/s1. The van der Waals surface area contributed by atoms with Gasteiger partial charge >= 0.3 is 5.97 Å². The van der Waals surface area contributed by atoms with Gasteiger partial charge in [0, 0.05) is 5.56 Å². The molecule has 0 fully saturated rings. The maximum atomic E-state index is 13.1. The third-order valence-electron chi connectivity index (χ3n) is 4.54. The van der Waals surface area contributed by atoms with Crippen molar-refractivity contribution in [3.63, 3.8) is 0 Å². The highest BCUT2D eigenvalue weighted by Crippen LogP contribution is 2.27. The van der Waals surface area contributed by atoms with Crippen LogP contribution < -0.4 is 14.8 Å². The average molecular weight is 419 g/mol. The van der Waals surface area contributed by atoms with Crippen LogP contribution in [0.1, 0.15) is 24.2 Å². The van der Waals surface area contributed by atoms with E-state index in [0.717, 1.165) is 5.56 Å². The van der Waals surface area contributed by atoms with Crippen molar-refractivity contribution in [2.75, 3.05) is 19.0 Å². The van der Waals surface area contributed by atoms with E-state index in [9.17, 15) is 9.59 Å². The molecule has 1 amide bonds. The van der Waals surface area contributed by atoms with Crippen molar-refractivity contribution in [3.8, 4) is 11.5 Å². The molecule has 0 saturated heterocycles. The number of anilines is 1. The highest BCUT2D eigenvalue weighted by atomic mass is 16.5. The van der Waals surface area contributed by atoms with Crippen LogP contribution in [0.3, 0.4) is 0 Å². The van der Waals surface area contributed by atoms with Crippen LogP contribution in [0.25, 0.3) is 0 Å². The molecular formula is C25H25NO5. The summed E-state index contributed by atoms with van der Waals surface area (Å²) < 4.78 is 16.3. The minimum atomic E-state index is -1.10. The summed E-state index contributed by atoms with van der Waals surface area (Å²) in [5.41, 5.74) is 1.86. The number of hydrogen-bond acceptors (Lipinski definition) is 5. The zero-order chi connectivity index (χ0) is 22.1. The van der Waals surface area contributed by atoms with E-state index < -0.39 is 18.0 Å². The molecule has 31 heavy (non-hydrogen) atoms. The molecule has 3 aromatic rings. The first kappa shape index (κ1) is 21.9. The third kappa shape index (κ3) is 6.09. The second-order valence-corrected chi connectivity index (χ2v) is 6.72. The van der Waals surface area contributed by atoms with Crippen molar-refractivity contribution < 1.29 is 23.8 Å². The summed E-state index contributed by atoms with van der Waals surface area (Å²) in [4.78, 5) is 25.7. The number of carbonyl (C=O) groups excluding carboxylic acids is 2. The van der Waals surface area contributed by atoms with E-state index >= 15 is 0 Å². The Morgan fingerprint density at radius 3 is 2.26 bits per heavy atom. The lowest BCUT2D eigenvalue weighted by molar-refractivity contribution is -0.154. The van der Waals surface area contributed by atoms with Crippen LogP contribution in [-0.4, -0.2) is 25.6 Å². The van der Waals surface area contributed by atoms with Crippen LogP contribution >= 0.6 is 0 Å². The second-order valence-electron chi connectivity index (χ2n) is 6.72. The summed E-state index contributed by atoms with van der Waals surface area (Å²) in [6.45, 7) is 2.33. The fourth-order valence-electron chi connectivity index (χ4n) is 3.03. The van der Waals surface area contributed by atoms with Crippen molar-refractivity contribution in [2.24, 2.45) is 0 Å². The largest absolute Gasteiger partial charge is 0.497 e. The zero-order valence-corrected chi connectivity index (χ0v) is 17.5. The number of para-hydroxylation sites is 2. The Balaban J connectivity index is 1.76. The molecule has 0 aliphatic rings. The molecule has 0 spiro atoms. The Labute approximate surface area is 181 Å². The summed E-state index contributed by atoms with van der Waals surface area (Å²) in [7, 11) is 1.58. The lowest BCUT2D eigenvalue weighted by Gasteiger charge is -2.19. The van der Waals surface area contributed by atoms with Gasteiger partial charge in [0.25, 0.3) is 5.91 Å². The van der Waals surface area contributed by atoms with Gasteiger partial charge in [-0.05, 0) is 36.8 Å². The maximum Gasteiger partial charge on any atom is 0.311 e. The molecule has 3 rings (SSSR count). The topological polar surface area (TPSA) is 73.9 Å². The van der Waals surface area contributed by atoms with Crippen LogP contribution in [0.5, 0.6) is 11.5 Å². The van der Waals surface area contributed by atoms with Gasteiger partial charge < -0.3 is 19.5 Å². The highest BCUT2D eigenvalue weighted by Gasteiger charge is 2.26. The summed E-state index contributed by atoms with van der Waals surface area (Å²) >= 11 is 0. The molecule has 0 bridgehead atoms. The Bertz CT molecular complexity index is 1000. The summed E-state index contributed by atoms with van der Waals surface area (Å²) in [5, 5.41) is 2.82. The van der Waals surface area contributed by atoms with Crippen LogP contribution in [0.2, 0.25) is 0 Å². The van der Waals surface area contributed by atoms with E-state index in [-0.39, 0.29) is 6.42 Å². The molecule has 0 saturated carbocycles. The van der Waals surface area contributed by atoms with E-state index in [0.29, 0.717) is 29.4 Å². The molecule has 1 atom stereocenters. The molecule has 0 heterocycles. The monoisotopic (exact) mass is 419 g/mol. The third-order valence-corrected chi connectivity index (χ3v) is 4.54. The molecule has 1 N–H and O–H groups in total. The number of nitrogens with one attached hydrogen (secondary N) is 1. The quantitative estimate of drug-likeness (QED) is 0.515. The molecule has 6 heteroatoms. The number of ether oxygens (including phenoxy) is 3. The van der Waals surface area contributed by atoms with Gasteiger partial charge in [0.1, 0.15) is 11.5 Å². The molecule has 0 unspecified atom stereocenters. The molecule has 3 aromatic carbocycles. The molecule has 0 radical (unpaired) electrons. The van der Waals surface area contributed by atoms with Gasteiger partial charge in [-0.1, -0.05) is 54.6 Å². The molecule has 0 aliphatic carbocycles. The number of esters is 1. The van der Waals surface area contributed by atoms with Gasteiger partial charge in [-0.2, -0.15) is 0 Å². The minimum Gasteiger partial charge on any atom is -0.497 e. The van der Waals surface area contributed by atoms with Crippen molar-refractivity contribution in [1.82, 2.24) is 0 Å². The minimum absolute atomic E-state index is 0.0378. The van der Waals surface area contributed by atoms with Gasteiger partial charge in [0.05, 0.1) is 25.8 Å². The van der Waals surface area contributed by atoms with Crippen LogP contribution in [0, 0.1) is 0 Å². The van der Waals surface area contributed by atoms with Gasteiger partial charge in [-0.3, -0.25) is 9.59 Å². The zero-order valence-electron chi connectivity index (χ0n) is 17.5. The summed E-state index contributed by atoms with van der Waals surface area (Å²) in [5.74, 6) is 0.287. The maximum absolute atomic E-state index is 13.1. The fraction of sp³-hybridized carbons (Fsp3) is 0.200. The van der Waals surface area contributed by atoms with Crippen molar-refractivity contribution in [2.45, 2.75) is 19.4 Å².